The summed E-state index contributed by atoms with van der Waals surface area (Å²) in [6.45, 7) is 2.01. The van der Waals surface area contributed by atoms with Crippen LogP contribution in [0.4, 0.5) is 5.95 Å². The van der Waals surface area contributed by atoms with Crippen molar-refractivity contribution in [3.05, 3.63) is 42.1 Å². The quantitative estimate of drug-likeness (QED) is 0.691. The van der Waals surface area contributed by atoms with Gasteiger partial charge in [0.25, 0.3) is 0 Å². The number of rotatable bonds is 1. The lowest BCUT2D eigenvalue weighted by atomic mass is 10.1. The first-order valence-corrected chi connectivity index (χ1v) is 5.33. The van der Waals surface area contributed by atoms with Crippen molar-refractivity contribution in [1.29, 1.82) is 0 Å². The third kappa shape index (κ3) is 1.54. The van der Waals surface area contributed by atoms with Crippen LogP contribution in [0.1, 0.15) is 5.56 Å². The second-order valence-electron chi connectivity index (χ2n) is 3.85. The van der Waals surface area contributed by atoms with E-state index in [1.54, 1.807) is 12.3 Å². The van der Waals surface area contributed by atoms with Gasteiger partial charge in [0.15, 0.2) is 5.76 Å². The number of fused-ring (bicyclic) bond motifs is 1. The molecule has 0 unspecified atom stereocenters. The molecule has 0 aliphatic rings. The molecule has 3 aromatic rings. The summed E-state index contributed by atoms with van der Waals surface area (Å²) in [7, 11) is 0. The number of aryl methyl sites for hydroxylation is 1. The van der Waals surface area contributed by atoms with Crippen molar-refractivity contribution >= 4 is 16.9 Å². The number of nitrogens with zero attached hydrogens (tertiary/aromatic N) is 2. The average Bonchev–Trinajstić information content (AvgIpc) is 2.68. The molecule has 0 spiro atoms. The van der Waals surface area contributed by atoms with Gasteiger partial charge in [-0.25, -0.2) is 9.97 Å². The lowest BCUT2D eigenvalue weighted by Crippen LogP contribution is -1.95. The van der Waals surface area contributed by atoms with Crippen molar-refractivity contribution in [3.8, 4) is 11.5 Å². The van der Waals surface area contributed by atoms with Gasteiger partial charge in [-0.1, -0.05) is 18.2 Å². The average molecular weight is 225 g/mol. The van der Waals surface area contributed by atoms with Crippen molar-refractivity contribution < 1.29 is 4.42 Å². The van der Waals surface area contributed by atoms with Crippen molar-refractivity contribution in [2.24, 2.45) is 0 Å². The van der Waals surface area contributed by atoms with Gasteiger partial charge in [0.2, 0.25) is 5.95 Å². The first kappa shape index (κ1) is 9.84. The maximum atomic E-state index is 5.79. The minimum Gasteiger partial charge on any atom is -0.454 e. The van der Waals surface area contributed by atoms with Crippen LogP contribution >= 0.6 is 0 Å². The van der Waals surface area contributed by atoms with Gasteiger partial charge in [0, 0.05) is 17.1 Å². The van der Waals surface area contributed by atoms with Gasteiger partial charge < -0.3 is 10.2 Å². The fraction of sp³-hybridized carbons (Fsp3) is 0.0769. The number of para-hydroxylation sites is 1. The highest BCUT2D eigenvalue weighted by Gasteiger charge is 2.13. The van der Waals surface area contributed by atoms with Gasteiger partial charge in [-0.2, -0.15) is 0 Å². The molecule has 0 amide bonds. The molecular weight excluding hydrogens is 214 g/mol. The zero-order valence-electron chi connectivity index (χ0n) is 9.34. The van der Waals surface area contributed by atoms with Crippen molar-refractivity contribution in [2.45, 2.75) is 6.92 Å². The third-order valence-corrected chi connectivity index (χ3v) is 2.75. The Labute approximate surface area is 98.1 Å². The van der Waals surface area contributed by atoms with Gasteiger partial charge in [0.1, 0.15) is 11.3 Å². The van der Waals surface area contributed by atoms with E-state index in [0.29, 0.717) is 5.69 Å². The van der Waals surface area contributed by atoms with E-state index < -0.39 is 0 Å². The maximum Gasteiger partial charge on any atom is 0.220 e. The van der Waals surface area contributed by atoms with E-state index in [4.69, 9.17) is 10.2 Å². The predicted molar refractivity (Wildman–Crippen MR) is 66.4 cm³/mol. The van der Waals surface area contributed by atoms with E-state index in [9.17, 15) is 0 Å². The Kier molecular flexibility index (Phi) is 2.08. The summed E-state index contributed by atoms with van der Waals surface area (Å²) in [5.74, 6) is 1.00. The Bertz CT molecular complexity index is 688. The molecule has 3 rings (SSSR count). The van der Waals surface area contributed by atoms with Gasteiger partial charge in [-0.15, -0.1) is 0 Å². The molecule has 0 radical (unpaired) electrons. The summed E-state index contributed by atoms with van der Waals surface area (Å²) in [6.07, 6.45) is 1.63. The molecule has 0 aliphatic carbocycles. The molecule has 1 aromatic carbocycles. The van der Waals surface area contributed by atoms with Gasteiger partial charge >= 0.3 is 0 Å². The number of hydrogen-bond acceptors (Lipinski definition) is 4. The number of aromatic nitrogens is 2. The molecule has 0 aliphatic heterocycles. The SMILES string of the molecule is Cc1c(-c2ccnc(N)n2)oc2ccccc12. The molecule has 0 saturated heterocycles. The molecule has 0 fully saturated rings. The number of furan rings is 1. The number of hydrogen-bond donors (Lipinski definition) is 1. The van der Waals surface area contributed by atoms with Crippen molar-refractivity contribution in [3.63, 3.8) is 0 Å². The Morgan fingerprint density at radius 3 is 2.76 bits per heavy atom. The molecule has 84 valence electrons. The van der Waals surface area contributed by atoms with Gasteiger partial charge in [-0.05, 0) is 19.1 Å². The molecule has 2 heterocycles. The van der Waals surface area contributed by atoms with Crippen LogP contribution in [0.3, 0.4) is 0 Å². The highest BCUT2D eigenvalue weighted by molar-refractivity contribution is 5.86. The molecule has 4 heteroatoms. The van der Waals surface area contributed by atoms with E-state index in [2.05, 4.69) is 9.97 Å². The molecule has 2 N–H and O–H groups in total. The summed E-state index contributed by atoms with van der Waals surface area (Å²) >= 11 is 0. The topological polar surface area (TPSA) is 64.9 Å². The van der Waals surface area contributed by atoms with Crippen LogP contribution in [-0.2, 0) is 0 Å². The van der Waals surface area contributed by atoms with E-state index >= 15 is 0 Å². The molecule has 2 aromatic heterocycles. The van der Waals surface area contributed by atoms with Crippen LogP contribution in [-0.4, -0.2) is 9.97 Å². The van der Waals surface area contributed by atoms with E-state index in [1.165, 1.54) is 0 Å². The van der Waals surface area contributed by atoms with Crippen LogP contribution in [0.5, 0.6) is 0 Å². The van der Waals surface area contributed by atoms with Crippen LogP contribution in [0.25, 0.3) is 22.4 Å². The van der Waals surface area contributed by atoms with Crippen LogP contribution in [0.2, 0.25) is 0 Å². The number of anilines is 1. The van der Waals surface area contributed by atoms with E-state index in [0.717, 1.165) is 22.3 Å². The zero-order chi connectivity index (χ0) is 11.8. The van der Waals surface area contributed by atoms with Crippen LogP contribution in [0, 0.1) is 6.92 Å². The fourth-order valence-electron chi connectivity index (χ4n) is 1.92. The Morgan fingerprint density at radius 2 is 2.00 bits per heavy atom. The van der Waals surface area contributed by atoms with E-state index in [1.807, 2.05) is 31.2 Å². The van der Waals surface area contributed by atoms with Gasteiger partial charge in [-0.3, -0.25) is 0 Å². The molecule has 17 heavy (non-hydrogen) atoms. The second-order valence-corrected chi connectivity index (χ2v) is 3.85. The Hall–Kier alpha value is -2.36. The molecule has 4 nitrogen and oxygen atoms in total. The van der Waals surface area contributed by atoms with Crippen LogP contribution in [0.15, 0.2) is 40.9 Å². The highest BCUT2D eigenvalue weighted by Crippen LogP contribution is 2.31. The summed E-state index contributed by atoms with van der Waals surface area (Å²) in [6, 6.07) is 9.70. The highest BCUT2D eigenvalue weighted by atomic mass is 16.3. The molecule has 0 bridgehead atoms. The third-order valence-electron chi connectivity index (χ3n) is 2.75. The standard InChI is InChI=1S/C13H11N3O/c1-8-9-4-2-3-5-11(9)17-12(8)10-6-7-15-13(14)16-10/h2-7H,1H3,(H2,14,15,16). The Balaban J connectivity index is 2.27. The number of nitrogen functional groups attached to an aromatic ring is 1. The Morgan fingerprint density at radius 1 is 1.18 bits per heavy atom. The van der Waals surface area contributed by atoms with Crippen molar-refractivity contribution in [2.75, 3.05) is 5.73 Å². The molecule has 0 saturated carbocycles. The van der Waals surface area contributed by atoms with Crippen molar-refractivity contribution in [1.82, 2.24) is 9.97 Å². The monoisotopic (exact) mass is 225 g/mol. The van der Waals surface area contributed by atoms with E-state index in [-0.39, 0.29) is 5.95 Å². The normalized spacial score (nSPS) is 10.9. The summed E-state index contributed by atoms with van der Waals surface area (Å²) in [5, 5.41) is 1.10. The fourth-order valence-corrected chi connectivity index (χ4v) is 1.92. The first-order chi connectivity index (χ1) is 8.25. The minimum absolute atomic E-state index is 0.252. The lowest BCUT2D eigenvalue weighted by Gasteiger charge is -1.98. The smallest absolute Gasteiger partial charge is 0.220 e. The lowest BCUT2D eigenvalue weighted by molar-refractivity contribution is 0.626. The first-order valence-electron chi connectivity index (χ1n) is 5.33. The van der Waals surface area contributed by atoms with Gasteiger partial charge in [0.05, 0.1) is 0 Å². The largest absolute Gasteiger partial charge is 0.454 e. The predicted octanol–water partition coefficient (Wildman–Crippen LogP) is 2.78. The minimum atomic E-state index is 0.252. The molecule has 0 atom stereocenters. The zero-order valence-corrected chi connectivity index (χ0v) is 9.34. The maximum absolute atomic E-state index is 5.79. The summed E-state index contributed by atoms with van der Waals surface area (Å²) in [4.78, 5) is 8.05. The molecular formula is C13H11N3O. The number of benzene rings is 1. The summed E-state index contributed by atoms with van der Waals surface area (Å²) < 4.78 is 5.79. The van der Waals surface area contributed by atoms with Crippen LogP contribution < -0.4 is 5.73 Å². The number of nitrogens with two attached hydrogens (primary N) is 1. The summed E-state index contributed by atoms with van der Waals surface area (Å²) in [5.41, 5.74) is 8.22. The second kappa shape index (κ2) is 3.59.